The topological polar surface area (TPSA) is 45.0 Å². The molecule has 3 heteroatoms. The van der Waals surface area contributed by atoms with Crippen molar-refractivity contribution in [3.63, 3.8) is 0 Å². The lowest BCUT2D eigenvalue weighted by molar-refractivity contribution is 0.0971. The van der Waals surface area contributed by atoms with E-state index < -0.39 is 0 Å². The largest absolute Gasteiger partial charge is 0.377 e. The first-order valence-corrected chi connectivity index (χ1v) is 7.43. The summed E-state index contributed by atoms with van der Waals surface area (Å²) in [7, 11) is 0. The van der Waals surface area contributed by atoms with Gasteiger partial charge in [0.1, 0.15) is 5.54 Å². The van der Waals surface area contributed by atoms with Gasteiger partial charge in [0.15, 0.2) is 0 Å². The fourth-order valence-corrected chi connectivity index (χ4v) is 3.24. The van der Waals surface area contributed by atoms with E-state index in [9.17, 15) is 5.26 Å². The molecular weight excluding hydrogens is 224 g/mol. The van der Waals surface area contributed by atoms with Gasteiger partial charge in [-0.1, -0.05) is 13.8 Å². The molecule has 0 amide bonds. The molecule has 1 aliphatic carbocycles. The van der Waals surface area contributed by atoms with Crippen LogP contribution in [-0.4, -0.2) is 24.8 Å². The van der Waals surface area contributed by atoms with Crippen molar-refractivity contribution in [2.75, 3.05) is 13.2 Å². The van der Waals surface area contributed by atoms with Crippen LogP contribution in [0.4, 0.5) is 0 Å². The maximum absolute atomic E-state index is 9.49. The first-order valence-electron chi connectivity index (χ1n) is 7.43. The van der Waals surface area contributed by atoms with Crippen molar-refractivity contribution in [3.05, 3.63) is 0 Å². The SMILES string of the molecule is CC(C)C1CCC(C#N)(NCC2CCCO2)CC1. The Morgan fingerprint density at radius 2 is 2.06 bits per heavy atom. The number of nitrogens with zero attached hydrogens (tertiary/aromatic N) is 1. The van der Waals surface area contributed by atoms with Crippen molar-refractivity contribution < 1.29 is 4.74 Å². The highest BCUT2D eigenvalue weighted by Gasteiger charge is 2.36. The molecule has 1 N–H and O–H groups in total. The van der Waals surface area contributed by atoms with Gasteiger partial charge in [-0.3, -0.25) is 5.32 Å². The first kappa shape index (κ1) is 13.8. The van der Waals surface area contributed by atoms with Gasteiger partial charge in [0.05, 0.1) is 12.2 Å². The third-order valence-corrected chi connectivity index (χ3v) is 4.73. The van der Waals surface area contributed by atoms with Crippen LogP contribution in [0.3, 0.4) is 0 Å². The Morgan fingerprint density at radius 1 is 1.33 bits per heavy atom. The van der Waals surface area contributed by atoms with Gasteiger partial charge in [-0.05, 0) is 50.4 Å². The Kier molecular flexibility index (Phi) is 4.64. The van der Waals surface area contributed by atoms with Crippen molar-refractivity contribution >= 4 is 0 Å². The van der Waals surface area contributed by atoms with Crippen LogP contribution in [-0.2, 0) is 4.74 Å². The summed E-state index contributed by atoms with van der Waals surface area (Å²) < 4.78 is 5.62. The van der Waals surface area contributed by atoms with Crippen molar-refractivity contribution in [1.82, 2.24) is 5.32 Å². The van der Waals surface area contributed by atoms with Gasteiger partial charge in [-0.2, -0.15) is 5.26 Å². The van der Waals surface area contributed by atoms with Crippen molar-refractivity contribution in [2.45, 2.75) is 64.0 Å². The van der Waals surface area contributed by atoms with Gasteiger partial charge in [-0.15, -0.1) is 0 Å². The molecule has 2 fully saturated rings. The zero-order valence-electron chi connectivity index (χ0n) is 11.7. The van der Waals surface area contributed by atoms with Crippen LogP contribution in [0.5, 0.6) is 0 Å². The zero-order valence-corrected chi connectivity index (χ0v) is 11.7. The minimum Gasteiger partial charge on any atom is -0.377 e. The predicted molar refractivity (Wildman–Crippen MR) is 72.1 cm³/mol. The van der Waals surface area contributed by atoms with Gasteiger partial charge in [0, 0.05) is 13.2 Å². The Morgan fingerprint density at radius 3 is 2.56 bits per heavy atom. The lowest BCUT2D eigenvalue weighted by Gasteiger charge is -2.37. The molecule has 0 radical (unpaired) electrons. The fraction of sp³-hybridized carbons (Fsp3) is 0.933. The molecule has 0 bridgehead atoms. The van der Waals surface area contributed by atoms with Crippen LogP contribution < -0.4 is 5.32 Å². The summed E-state index contributed by atoms with van der Waals surface area (Å²) in [5, 5.41) is 13.0. The van der Waals surface area contributed by atoms with Crippen LogP contribution in [0.2, 0.25) is 0 Å². The summed E-state index contributed by atoms with van der Waals surface area (Å²) in [5.41, 5.74) is -0.280. The van der Waals surface area contributed by atoms with E-state index in [1.807, 2.05) is 0 Å². The minimum absolute atomic E-state index is 0.280. The van der Waals surface area contributed by atoms with Crippen molar-refractivity contribution in [1.29, 1.82) is 5.26 Å². The molecule has 1 unspecified atom stereocenters. The standard InChI is InChI=1S/C15H26N2O/c1-12(2)13-5-7-15(11-16,8-6-13)17-10-14-4-3-9-18-14/h12-14,17H,3-10H2,1-2H3. The van der Waals surface area contributed by atoms with Gasteiger partial charge < -0.3 is 4.74 Å². The molecule has 0 aromatic rings. The Hall–Kier alpha value is -0.590. The molecule has 18 heavy (non-hydrogen) atoms. The maximum Gasteiger partial charge on any atom is 0.106 e. The van der Waals surface area contributed by atoms with Crippen LogP contribution in [0.25, 0.3) is 0 Å². The average Bonchev–Trinajstić information content (AvgIpc) is 2.90. The second-order valence-corrected chi connectivity index (χ2v) is 6.29. The van der Waals surface area contributed by atoms with E-state index in [1.54, 1.807) is 0 Å². The molecule has 102 valence electrons. The van der Waals surface area contributed by atoms with E-state index in [2.05, 4.69) is 25.2 Å². The molecule has 1 aliphatic heterocycles. The van der Waals surface area contributed by atoms with Gasteiger partial charge in [0.2, 0.25) is 0 Å². The smallest absolute Gasteiger partial charge is 0.106 e. The molecule has 1 atom stereocenters. The zero-order chi connectivity index (χ0) is 13.0. The summed E-state index contributed by atoms with van der Waals surface area (Å²) in [6.45, 7) is 6.33. The molecule has 2 rings (SSSR count). The highest BCUT2D eigenvalue weighted by Crippen LogP contribution is 2.35. The highest BCUT2D eigenvalue weighted by atomic mass is 16.5. The number of nitriles is 1. The van der Waals surface area contributed by atoms with Crippen LogP contribution in [0, 0.1) is 23.2 Å². The quantitative estimate of drug-likeness (QED) is 0.834. The molecule has 3 nitrogen and oxygen atoms in total. The third-order valence-electron chi connectivity index (χ3n) is 4.73. The molecule has 1 heterocycles. The summed E-state index contributed by atoms with van der Waals surface area (Å²) in [4.78, 5) is 0. The number of ether oxygens (including phenoxy) is 1. The average molecular weight is 250 g/mol. The van der Waals surface area contributed by atoms with E-state index in [1.165, 1.54) is 19.3 Å². The first-order chi connectivity index (χ1) is 8.65. The molecule has 1 saturated carbocycles. The lowest BCUT2D eigenvalue weighted by atomic mass is 9.73. The van der Waals surface area contributed by atoms with E-state index in [0.29, 0.717) is 6.10 Å². The van der Waals surface area contributed by atoms with Gasteiger partial charge in [-0.25, -0.2) is 0 Å². The molecule has 0 spiro atoms. The van der Waals surface area contributed by atoms with Crippen molar-refractivity contribution in [3.8, 4) is 6.07 Å². The van der Waals surface area contributed by atoms with Crippen LogP contribution in [0.15, 0.2) is 0 Å². The Labute approximate surface area is 111 Å². The molecule has 1 saturated heterocycles. The lowest BCUT2D eigenvalue weighted by Crippen LogP contribution is -2.49. The van der Waals surface area contributed by atoms with E-state index in [4.69, 9.17) is 4.74 Å². The normalized spacial score (nSPS) is 36.8. The number of hydrogen-bond donors (Lipinski definition) is 1. The number of nitrogens with one attached hydrogen (secondary N) is 1. The molecular formula is C15H26N2O. The van der Waals surface area contributed by atoms with Crippen LogP contribution in [0.1, 0.15) is 52.4 Å². The summed E-state index contributed by atoms with van der Waals surface area (Å²) in [5.74, 6) is 1.55. The van der Waals surface area contributed by atoms with Gasteiger partial charge in [0.25, 0.3) is 0 Å². The third kappa shape index (κ3) is 3.24. The molecule has 2 aliphatic rings. The minimum atomic E-state index is -0.280. The molecule has 0 aromatic heterocycles. The monoisotopic (exact) mass is 250 g/mol. The molecule has 0 aromatic carbocycles. The van der Waals surface area contributed by atoms with E-state index in [0.717, 1.165) is 44.2 Å². The summed E-state index contributed by atoms with van der Waals surface area (Å²) in [6, 6.07) is 2.53. The number of rotatable bonds is 4. The van der Waals surface area contributed by atoms with Gasteiger partial charge >= 0.3 is 0 Å². The maximum atomic E-state index is 9.49. The predicted octanol–water partition coefficient (Wildman–Crippen LogP) is 2.86. The van der Waals surface area contributed by atoms with Crippen molar-refractivity contribution in [2.24, 2.45) is 11.8 Å². The van der Waals surface area contributed by atoms with E-state index >= 15 is 0 Å². The highest BCUT2D eigenvalue weighted by molar-refractivity contribution is 5.09. The summed E-state index contributed by atoms with van der Waals surface area (Å²) >= 11 is 0. The number of hydrogen-bond acceptors (Lipinski definition) is 3. The second-order valence-electron chi connectivity index (χ2n) is 6.29. The fourth-order valence-electron chi connectivity index (χ4n) is 3.24. The Balaban J connectivity index is 1.82. The van der Waals surface area contributed by atoms with E-state index in [-0.39, 0.29) is 5.54 Å². The Bertz CT molecular complexity index is 294. The van der Waals surface area contributed by atoms with Crippen LogP contribution >= 0.6 is 0 Å². The summed E-state index contributed by atoms with van der Waals surface area (Å²) in [6.07, 6.45) is 7.01. The second kappa shape index (κ2) is 6.04.